The molecule has 1 aromatic carbocycles. The fourth-order valence-corrected chi connectivity index (χ4v) is 4.54. The summed E-state index contributed by atoms with van der Waals surface area (Å²) < 4.78 is 0. The molecule has 22 heavy (non-hydrogen) atoms. The van der Waals surface area contributed by atoms with E-state index in [0.717, 1.165) is 31.4 Å². The average Bonchev–Trinajstić information content (AvgIpc) is 3.07. The molecule has 2 aliphatic heterocycles. The Bertz CT molecular complexity index is 471. The van der Waals surface area contributed by atoms with E-state index in [1.807, 2.05) is 11.8 Å². The standard InChI is InChI=1S/C18H25ClN2S/c19-18-15-21(16-7-2-1-3-8-16)13-12-20(18)11-5-4-9-17-10-6-14-22-17/h1-3,6-8,14,17-18H,4-5,9-13,15H2. The number of para-hydroxylation sites is 1. The van der Waals surface area contributed by atoms with Crippen LogP contribution in [0.15, 0.2) is 41.8 Å². The van der Waals surface area contributed by atoms with Crippen LogP contribution < -0.4 is 4.90 Å². The third-order valence-corrected chi connectivity index (χ3v) is 6.11. The number of hydrogen-bond acceptors (Lipinski definition) is 3. The maximum atomic E-state index is 6.60. The predicted octanol–water partition coefficient (Wildman–Crippen LogP) is 4.56. The zero-order chi connectivity index (χ0) is 15.2. The van der Waals surface area contributed by atoms with Crippen molar-refractivity contribution in [2.24, 2.45) is 0 Å². The van der Waals surface area contributed by atoms with E-state index in [2.05, 4.69) is 51.6 Å². The Hall–Kier alpha value is -0.640. The van der Waals surface area contributed by atoms with Gasteiger partial charge in [-0.1, -0.05) is 30.7 Å². The SMILES string of the molecule is ClC1CN(c2ccccc2)CCN1CCCCC1CC=CS1. The summed E-state index contributed by atoms with van der Waals surface area (Å²) in [5.41, 5.74) is 1.43. The van der Waals surface area contributed by atoms with Crippen LogP contribution in [-0.2, 0) is 0 Å². The van der Waals surface area contributed by atoms with Crippen LogP contribution in [-0.4, -0.2) is 41.8 Å². The number of halogens is 1. The fourth-order valence-electron chi connectivity index (χ4n) is 3.21. The molecule has 0 aromatic heterocycles. The molecule has 2 atom stereocenters. The van der Waals surface area contributed by atoms with E-state index in [4.69, 9.17) is 11.6 Å². The van der Waals surface area contributed by atoms with Gasteiger partial charge in [0.2, 0.25) is 0 Å². The summed E-state index contributed by atoms with van der Waals surface area (Å²) in [4.78, 5) is 4.84. The third-order valence-electron chi connectivity index (χ3n) is 4.53. The minimum absolute atomic E-state index is 0.136. The van der Waals surface area contributed by atoms with Gasteiger partial charge in [0.05, 0.1) is 0 Å². The average molecular weight is 337 g/mol. The maximum absolute atomic E-state index is 6.60. The Balaban J connectivity index is 1.37. The molecule has 2 nitrogen and oxygen atoms in total. The Kier molecular flexibility index (Phi) is 6.11. The van der Waals surface area contributed by atoms with E-state index in [-0.39, 0.29) is 5.50 Å². The summed E-state index contributed by atoms with van der Waals surface area (Å²) in [5.74, 6) is 0. The van der Waals surface area contributed by atoms with Crippen molar-refractivity contribution in [1.82, 2.24) is 4.90 Å². The molecule has 2 aliphatic rings. The van der Waals surface area contributed by atoms with E-state index in [1.165, 1.54) is 31.4 Å². The monoisotopic (exact) mass is 336 g/mol. The van der Waals surface area contributed by atoms with Gasteiger partial charge >= 0.3 is 0 Å². The van der Waals surface area contributed by atoms with Crippen molar-refractivity contribution in [2.75, 3.05) is 31.1 Å². The number of thioether (sulfide) groups is 1. The predicted molar refractivity (Wildman–Crippen MR) is 98.9 cm³/mol. The van der Waals surface area contributed by atoms with Crippen LogP contribution in [0.25, 0.3) is 0 Å². The van der Waals surface area contributed by atoms with Gasteiger partial charge in [0, 0.05) is 30.6 Å². The summed E-state index contributed by atoms with van der Waals surface area (Å²) in [6, 6.07) is 10.6. The largest absolute Gasteiger partial charge is 0.367 e. The first-order valence-electron chi connectivity index (χ1n) is 8.31. The molecule has 0 saturated carbocycles. The molecule has 2 heterocycles. The third kappa shape index (κ3) is 4.43. The van der Waals surface area contributed by atoms with Crippen molar-refractivity contribution >= 4 is 29.1 Å². The lowest BCUT2D eigenvalue weighted by Gasteiger charge is -2.39. The van der Waals surface area contributed by atoms with Gasteiger partial charge in [0.25, 0.3) is 0 Å². The molecule has 0 spiro atoms. The molecule has 4 heteroatoms. The van der Waals surface area contributed by atoms with Gasteiger partial charge in [-0.3, -0.25) is 4.90 Å². The van der Waals surface area contributed by atoms with Gasteiger partial charge in [-0.25, -0.2) is 0 Å². The van der Waals surface area contributed by atoms with E-state index in [9.17, 15) is 0 Å². The second-order valence-corrected chi connectivity index (χ2v) is 7.83. The highest BCUT2D eigenvalue weighted by atomic mass is 35.5. The highest BCUT2D eigenvalue weighted by Crippen LogP contribution is 2.28. The summed E-state index contributed by atoms with van der Waals surface area (Å²) >= 11 is 8.60. The van der Waals surface area contributed by atoms with Crippen molar-refractivity contribution in [3.8, 4) is 0 Å². The van der Waals surface area contributed by atoms with Crippen LogP contribution in [0.4, 0.5) is 5.69 Å². The van der Waals surface area contributed by atoms with Gasteiger partial charge in [-0.05, 0) is 43.3 Å². The highest BCUT2D eigenvalue weighted by molar-refractivity contribution is 8.03. The molecule has 120 valence electrons. The van der Waals surface area contributed by atoms with Crippen LogP contribution in [0.5, 0.6) is 0 Å². The molecule has 0 aliphatic carbocycles. The topological polar surface area (TPSA) is 6.48 Å². The van der Waals surface area contributed by atoms with Crippen LogP contribution in [0, 0.1) is 0 Å². The summed E-state index contributed by atoms with van der Waals surface area (Å²) in [7, 11) is 0. The number of unbranched alkanes of at least 4 members (excludes halogenated alkanes) is 1. The highest BCUT2D eigenvalue weighted by Gasteiger charge is 2.24. The number of alkyl halides is 1. The lowest BCUT2D eigenvalue weighted by molar-refractivity contribution is 0.226. The van der Waals surface area contributed by atoms with Crippen LogP contribution in [0.3, 0.4) is 0 Å². The quantitative estimate of drug-likeness (QED) is 0.427. The number of rotatable bonds is 6. The van der Waals surface area contributed by atoms with Gasteiger partial charge in [-0.15, -0.1) is 23.4 Å². The molecule has 0 amide bonds. The van der Waals surface area contributed by atoms with E-state index in [1.54, 1.807) is 0 Å². The summed E-state index contributed by atoms with van der Waals surface area (Å²) in [5, 5.41) is 3.09. The van der Waals surface area contributed by atoms with E-state index < -0.39 is 0 Å². The molecule has 0 radical (unpaired) electrons. The first-order valence-corrected chi connectivity index (χ1v) is 9.69. The number of benzene rings is 1. The summed E-state index contributed by atoms with van der Waals surface area (Å²) in [6.07, 6.45) is 7.49. The number of nitrogens with zero attached hydrogens (tertiary/aromatic N) is 2. The molecule has 3 rings (SSSR count). The maximum Gasteiger partial charge on any atom is 0.103 e. The second kappa shape index (κ2) is 8.28. The Labute approximate surface area is 143 Å². The number of hydrogen-bond donors (Lipinski definition) is 0. The lowest BCUT2D eigenvalue weighted by Crippen LogP contribution is -2.51. The van der Waals surface area contributed by atoms with E-state index >= 15 is 0 Å². The Morgan fingerprint density at radius 2 is 2.00 bits per heavy atom. The molecular weight excluding hydrogens is 312 g/mol. The summed E-state index contributed by atoms with van der Waals surface area (Å²) in [6.45, 7) is 4.22. The van der Waals surface area contributed by atoms with E-state index in [0.29, 0.717) is 0 Å². The lowest BCUT2D eigenvalue weighted by atomic mass is 10.1. The fraction of sp³-hybridized carbons (Fsp3) is 0.556. The first-order chi connectivity index (χ1) is 10.8. The molecular formula is C18H25ClN2S. The number of anilines is 1. The van der Waals surface area contributed by atoms with Gasteiger partial charge < -0.3 is 4.90 Å². The normalized spacial score (nSPS) is 25.8. The van der Waals surface area contributed by atoms with Crippen molar-refractivity contribution in [3.05, 3.63) is 41.8 Å². The van der Waals surface area contributed by atoms with Crippen molar-refractivity contribution in [2.45, 2.75) is 36.4 Å². The minimum Gasteiger partial charge on any atom is -0.367 e. The first kappa shape index (κ1) is 16.2. The number of allylic oxidation sites excluding steroid dienone is 1. The van der Waals surface area contributed by atoms with Crippen LogP contribution >= 0.6 is 23.4 Å². The zero-order valence-corrected chi connectivity index (χ0v) is 14.6. The molecule has 1 fully saturated rings. The zero-order valence-electron chi connectivity index (χ0n) is 13.0. The van der Waals surface area contributed by atoms with Crippen molar-refractivity contribution in [1.29, 1.82) is 0 Å². The molecule has 2 unspecified atom stereocenters. The second-order valence-electron chi connectivity index (χ2n) is 6.11. The van der Waals surface area contributed by atoms with Crippen molar-refractivity contribution < 1.29 is 0 Å². The van der Waals surface area contributed by atoms with Gasteiger partial charge in [0.1, 0.15) is 5.50 Å². The molecule has 1 aromatic rings. The molecule has 1 saturated heterocycles. The Morgan fingerprint density at radius 1 is 1.14 bits per heavy atom. The van der Waals surface area contributed by atoms with Crippen molar-refractivity contribution in [3.63, 3.8) is 0 Å². The minimum atomic E-state index is 0.136. The Morgan fingerprint density at radius 3 is 2.73 bits per heavy atom. The molecule has 0 bridgehead atoms. The van der Waals surface area contributed by atoms with Crippen LogP contribution in [0.2, 0.25) is 0 Å². The smallest absolute Gasteiger partial charge is 0.103 e. The molecule has 0 N–H and O–H groups in total. The van der Waals surface area contributed by atoms with Gasteiger partial charge in [0.15, 0.2) is 0 Å². The number of piperazine rings is 1. The van der Waals surface area contributed by atoms with Crippen LogP contribution in [0.1, 0.15) is 25.7 Å². The van der Waals surface area contributed by atoms with Gasteiger partial charge in [-0.2, -0.15) is 0 Å².